The van der Waals surface area contributed by atoms with Crippen LogP contribution in [0.1, 0.15) is 23.6 Å². The number of rotatable bonds is 6. The quantitative estimate of drug-likeness (QED) is 0.163. The van der Waals surface area contributed by atoms with E-state index < -0.39 is 5.41 Å². The number of para-hydroxylation sites is 5. The van der Waals surface area contributed by atoms with E-state index in [0.29, 0.717) is 0 Å². The lowest BCUT2D eigenvalue weighted by Gasteiger charge is -2.42. The van der Waals surface area contributed by atoms with Crippen molar-refractivity contribution >= 4 is 38.9 Å². The number of hydrogen-bond donors (Lipinski definition) is 0. The molecule has 7 aromatic carbocycles. The van der Waals surface area contributed by atoms with Crippen molar-refractivity contribution in [1.29, 1.82) is 0 Å². The molecular weight excluding hydrogens is 645 g/mol. The molecule has 0 radical (unpaired) electrons. The van der Waals surface area contributed by atoms with Crippen LogP contribution < -0.4 is 9.64 Å². The van der Waals surface area contributed by atoms with Gasteiger partial charge in [-0.3, -0.25) is 0 Å². The second kappa shape index (κ2) is 12.4. The third-order valence-corrected chi connectivity index (χ3v) is 10.7. The number of ether oxygens (including phenoxy) is 1. The molecule has 0 bridgehead atoms. The van der Waals surface area contributed by atoms with Crippen LogP contribution >= 0.6 is 0 Å². The van der Waals surface area contributed by atoms with E-state index in [4.69, 9.17) is 4.74 Å². The average Bonchev–Trinajstić information content (AvgIpc) is 3.56. The van der Waals surface area contributed by atoms with Crippen molar-refractivity contribution < 1.29 is 4.74 Å². The van der Waals surface area contributed by atoms with Gasteiger partial charge in [-0.05, 0) is 102 Å². The van der Waals surface area contributed by atoms with Crippen molar-refractivity contribution in [2.45, 2.75) is 12.3 Å². The number of nitrogens with zero attached hydrogens (tertiary/aromatic N) is 2. The molecule has 0 amide bonds. The van der Waals surface area contributed by atoms with Crippen LogP contribution in [0.4, 0.5) is 17.1 Å². The molecule has 8 aromatic rings. The van der Waals surface area contributed by atoms with Crippen molar-refractivity contribution in [2.24, 2.45) is 0 Å². The van der Waals surface area contributed by atoms with Crippen molar-refractivity contribution in [3.05, 3.63) is 223 Å². The van der Waals surface area contributed by atoms with Gasteiger partial charge in [0.05, 0.1) is 22.1 Å². The molecule has 0 saturated heterocycles. The minimum Gasteiger partial charge on any atom is -0.457 e. The predicted molar refractivity (Wildman–Crippen MR) is 220 cm³/mol. The van der Waals surface area contributed by atoms with Gasteiger partial charge in [-0.25, -0.2) is 0 Å². The lowest BCUT2D eigenvalue weighted by atomic mass is 9.65. The highest BCUT2D eigenvalue weighted by atomic mass is 16.5. The SMILES string of the molecule is C/C=C\C=C/C1=CC2(c3cc(-c4ccc(N(c5ccccc5)c5ccccc5)cc4)ccc3O1)c1ccccc1-n1c3ccccc3c3cccc2c31. The summed E-state index contributed by atoms with van der Waals surface area (Å²) in [6, 6.07) is 61.2. The van der Waals surface area contributed by atoms with Gasteiger partial charge >= 0.3 is 0 Å². The Balaban J connectivity index is 1.18. The van der Waals surface area contributed by atoms with Crippen molar-refractivity contribution in [1.82, 2.24) is 4.57 Å². The summed E-state index contributed by atoms with van der Waals surface area (Å²) in [5.74, 6) is 1.69. The summed E-state index contributed by atoms with van der Waals surface area (Å²) in [6.07, 6.45) is 10.6. The molecule has 3 heteroatoms. The van der Waals surface area contributed by atoms with Crippen molar-refractivity contribution in [3.63, 3.8) is 0 Å². The topological polar surface area (TPSA) is 17.4 Å². The normalized spacial score (nSPS) is 15.8. The Labute approximate surface area is 309 Å². The maximum Gasteiger partial charge on any atom is 0.132 e. The fraction of sp³-hybridized carbons (Fsp3) is 0.0400. The zero-order valence-corrected chi connectivity index (χ0v) is 29.4. The van der Waals surface area contributed by atoms with Gasteiger partial charge in [-0.2, -0.15) is 0 Å². The second-order valence-corrected chi connectivity index (χ2v) is 13.7. The van der Waals surface area contributed by atoms with E-state index in [-0.39, 0.29) is 0 Å². The van der Waals surface area contributed by atoms with E-state index in [1.54, 1.807) is 0 Å². The summed E-state index contributed by atoms with van der Waals surface area (Å²) >= 11 is 0. The van der Waals surface area contributed by atoms with Gasteiger partial charge in [-0.1, -0.05) is 127 Å². The van der Waals surface area contributed by atoms with Gasteiger partial charge in [0.1, 0.15) is 11.5 Å². The molecule has 0 aliphatic carbocycles. The number of benzene rings is 7. The molecule has 53 heavy (non-hydrogen) atoms. The molecule has 2 aliphatic rings. The Bertz CT molecular complexity index is 2710. The van der Waals surface area contributed by atoms with Crippen LogP contribution in [0.5, 0.6) is 5.75 Å². The third kappa shape index (κ3) is 4.82. The van der Waals surface area contributed by atoms with Crippen LogP contribution in [-0.4, -0.2) is 4.57 Å². The Kier molecular flexibility index (Phi) is 7.26. The Hall–Kier alpha value is -6.84. The Morgan fingerprint density at radius 3 is 1.96 bits per heavy atom. The Morgan fingerprint density at radius 1 is 0.547 bits per heavy atom. The number of aromatic nitrogens is 1. The van der Waals surface area contributed by atoms with E-state index in [1.165, 1.54) is 38.6 Å². The highest BCUT2D eigenvalue weighted by Gasteiger charge is 2.46. The summed E-state index contributed by atoms with van der Waals surface area (Å²) in [4.78, 5) is 2.30. The summed E-state index contributed by atoms with van der Waals surface area (Å²) < 4.78 is 9.20. The van der Waals surface area contributed by atoms with Crippen LogP contribution in [0, 0.1) is 0 Å². The molecule has 1 unspecified atom stereocenters. The van der Waals surface area contributed by atoms with E-state index in [9.17, 15) is 0 Å². The Morgan fingerprint density at radius 2 is 1.19 bits per heavy atom. The van der Waals surface area contributed by atoms with Gasteiger partial charge in [-0.15, -0.1) is 0 Å². The van der Waals surface area contributed by atoms with Gasteiger partial charge in [0, 0.05) is 33.4 Å². The van der Waals surface area contributed by atoms with Crippen molar-refractivity contribution in [3.8, 4) is 22.6 Å². The molecule has 0 saturated carbocycles. The zero-order chi connectivity index (χ0) is 35.4. The minimum atomic E-state index is -0.600. The summed E-state index contributed by atoms with van der Waals surface area (Å²) in [5.41, 5.74) is 12.3. The van der Waals surface area contributed by atoms with E-state index in [0.717, 1.165) is 45.3 Å². The van der Waals surface area contributed by atoms with Gasteiger partial charge in [0.2, 0.25) is 0 Å². The first kappa shape index (κ1) is 30.9. The highest BCUT2D eigenvalue weighted by Crippen LogP contribution is 2.56. The first-order valence-corrected chi connectivity index (χ1v) is 18.2. The maximum atomic E-state index is 6.73. The molecule has 3 nitrogen and oxygen atoms in total. The van der Waals surface area contributed by atoms with Gasteiger partial charge in [0.15, 0.2) is 0 Å². The van der Waals surface area contributed by atoms with Crippen LogP contribution in [0.3, 0.4) is 0 Å². The fourth-order valence-corrected chi connectivity index (χ4v) is 8.48. The lowest BCUT2D eigenvalue weighted by molar-refractivity contribution is 0.410. The lowest BCUT2D eigenvalue weighted by Crippen LogP contribution is -2.35. The summed E-state index contributed by atoms with van der Waals surface area (Å²) in [6.45, 7) is 2.03. The first-order valence-electron chi connectivity index (χ1n) is 18.2. The molecule has 0 N–H and O–H groups in total. The largest absolute Gasteiger partial charge is 0.457 e. The molecule has 2 aliphatic heterocycles. The maximum absolute atomic E-state index is 6.73. The molecule has 1 aromatic heterocycles. The zero-order valence-electron chi connectivity index (χ0n) is 29.4. The minimum absolute atomic E-state index is 0.600. The number of anilines is 3. The van der Waals surface area contributed by atoms with Gasteiger partial charge in [0.25, 0.3) is 0 Å². The van der Waals surface area contributed by atoms with E-state index in [2.05, 4.69) is 198 Å². The number of fused-ring (bicyclic) bond motifs is 9. The molecular formula is C50H36N2O. The number of allylic oxidation sites excluding steroid dienone is 5. The highest BCUT2D eigenvalue weighted by molar-refractivity contribution is 6.12. The molecule has 1 spiro atoms. The van der Waals surface area contributed by atoms with E-state index in [1.807, 2.05) is 19.1 Å². The monoisotopic (exact) mass is 680 g/mol. The molecule has 1 atom stereocenters. The van der Waals surface area contributed by atoms with Crippen molar-refractivity contribution in [2.75, 3.05) is 4.90 Å². The standard InChI is InChI=1S/C50H36N2O/c1-2-3-6-20-40-34-50(43-23-12-14-26-47(43)52-46-25-13-11-21-41(46)42-22-15-24-44(50)49(42)52)45-33-36(29-32-48(45)53-40)35-27-30-39(31-28-35)51(37-16-7-4-8-17-37)38-18-9-5-10-19-38/h2-34H,1H3/b3-2-,20-6-. The second-order valence-electron chi connectivity index (χ2n) is 13.7. The van der Waals surface area contributed by atoms with Crippen LogP contribution in [0.2, 0.25) is 0 Å². The predicted octanol–water partition coefficient (Wildman–Crippen LogP) is 13.0. The van der Waals surface area contributed by atoms with Crippen LogP contribution in [-0.2, 0) is 5.41 Å². The van der Waals surface area contributed by atoms with Gasteiger partial charge < -0.3 is 14.2 Å². The average molecular weight is 681 g/mol. The van der Waals surface area contributed by atoms with E-state index >= 15 is 0 Å². The third-order valence-electron chi connectivity index (χ3n) is 10.7. The summed E-state index contributed by atoms with van der Waals surface area (Å²) in [5, 5.41) is 2.52. The first-order chi connectivity index (χ1) is 26.2. The molecule has 10 rings (SSSR count). The summed E-state index contributed by atoms with van der Waals surface area (Å²) in [7, 11) is 0. The molecule has 3 heterocycles. The van der Waals surface area contributed by atoms with Crippen LogP contribution in [0.15, 0.2) is 206 Å². The smallest absolute Gasteiger partial charge is 0.132 e. The number of hydrogen-bond acceptors (Lipinski definition) is 2. The molecule has 252 valence electrons. The molecule has 0 fully saturated rings. The fourth-order valence-electron chi connectivity index (χ4n) is 8.48. The van der Waals surface area contributed by atoms with Crippen LogP contribution in [0.25, 0.3) is 38.6 Å².